The van der Waals surface area contributed by atoms with Crippen LogP contribution in [0.1, 0.15) is 30.8 Å². The predicted octanol–water partition coefficient (Wildman–Crippen LogP) is 2.17. The van der Waals surface area contributed by atoms with Gasteiger partial charge in [0, 0.05) is 19.0 Å². The lowest BCUT2D eigenvalue weighted by Crippen LogP contribution is -2.37. The Balaban J connectivity index is 1.92. The van der Waals surface area contributed by atoms with Crippen LogP contribution in [0.25, 0.3) is 5.69 Å². The lowest BCUT2D eigenvalue weighted by atomic mass is 10.1. The first-order chi connectivity index (χ1) is 12.8. The third-order valence-electron chi connectivity index (χ3n) is 4.00. The van der Waals surface area contributed by atoms with Gasteiger partial charge in [0.05, 0.1) is 11.4 Å². The van der Waals surface area contributed by atoms with Crippen molar-refractivity contribution in [2.45, 2.75) is 39.8 Å². The zero-order valence-corrected chi connectivity index (χ0v) is 17.3. The second-order valence-corrected chi connectivity index (χ2v) is 7.68. The minimum Gasteiger partial charge on any atom is -0.354 e. The fourth-order valence-electron chi connectivity index (χ4n) is 2.45. The Labute approximate surface area is 164 Å². The quantitative estimate of drug-likeness (QED) is 0.534. The fourth-order valence-corrected chi connectivity index (χ4v) is 3.27. The monoisotopic (exact) mass is 389 g/mol. The normalized spacial score (nSPS) is 10.9. The number of benzene rings is 1. The molecule has 1 aromatic carbocycles. The SMILES string of the molecule is Cc1ccc(C)c(-n2c(C)nnc2SCC(=O)NCCNC(=O)C(C)C)c1. The summed E-state index contributed by atoms with van der Waals surface area (Å²) >= 11 is 1.34. The zero-order chi connectivity index (χ0) is 20.0. The standard InChI is InChI=1S/C19H27N5O2S/c1-12(2)18(26)21-9-8-20-17(25)11-27-19-23-22-15(5)24(19)16-10-13(3)6-7-14(16)4/h6-7,10,12H,8-9,11H2,1-5H3,(H,20,25)(H,21,26). The number of aryl methyl sites for hydroxylation is 3. The number of aromatic nitrogens is 3. The van der Waals surface area contributed by atoms with E-state index in [1.807, 2.05) is 39.2 Å². The van der Waals surface area contributed by atoms with E-state index in [2.05, 4.69) is 39.0 Å². The smallest absolute Gasteiger partial charge is 0.230 e. The molecule has 2 rings (SSSR count). The van der Waals surface area contributed by atoms with Crippen molar-refractivity contribution in [2.75, 3.05) is 18.8 Å². The Kier molecular flexibility index (Phi) is 7.41. The maximum atomic E-state index is 12.1. The van der Waals surface area contributed by atoms with Crippen LogP contribution in [0, 0.1) is 26.7 Å². The summed E-state index contributed by atoms with van der Waals surface area (Å²) in [6.45, 7) is 10.5. The van der Waals surface area contributed by atoms with Crippen molar-refractivity contribution in [3.05, 3.63) is 35.2 Å². The minimum atomic E-state index is -0.105. The predicted molar refractivity (Wildman–Crippen MR) is 107 cm³/mol. The van der Waals surface area contributed by atoms with Gasteiger partial charge < -0.3 is 10.6 Å². The number of carbonyl (C=O) groups excluding carboxylic acids is 2. The zero-order valence-electron chi connectivity index (χ0n) is 16.5. The van der Waals surface area contributed by atoms with Crippen LogP contribution < -0.4 is 10.6 Å². The summed E-state index contributed by atoms with van der Waals surface area (Å²) in [5.41, 5.74) is 3.30. The molecule has 0 atom stereocenters. The van der Waals surface area contributed by atoms with Crippen molar-refractivity contribution in [3.8, 4) is 5.69 Å². The largest absolute Gasteiger partial charge is 0.354 e. The molecule has 0 aliphatic heterocycles. The Bertz CT molecular complexity index is 816. The van der Waals surface area contributed by atoms with Gasteiger partial charge in [0.15, 0.2) is 5.16 Å². The molecule has 0 unspecified atom stereocenters. The number of carbonyl (C=O) groups is 2. The average molecular weight is 390 g/mol. The molecule has 0 aliphatic carbocycles. The molecule has 0 saturated heterocycles. The molecule has 2 N–H and O–H groups in total. The first-order valence-electron chi connectivity index (χ1n) is 8.96. The molecular weight excluding hydrogens is 362 g/mol. The molecule has 1 heterocycles. The van der Waals surface area contributed by atoms with E-state index in [-0.39, 0.29) is 23.5 Å². The lowest BCUT2D eigenvalue weighted by Gasteiger charge is -2.12. The number of amides is 2. The van der Waals surface area contributed by atoms with Crippen LogP contribution in [0.4, 0.5) is 0 Å². The second kappa shape index (κ2) is 9.55. The van der Waals surface area contributed by atoms with Crippen LogP contribution in [0.15, 0.2) is 23.4 Å². The van der Waals surface area contributed by atoms with E-state index >= 15 is 0 Å². The van der Waals surface area contributed by atoms with Crippen molar-refractivity contribution in [3.63, 3.8) is 0 Å². The van der Waals surface area contributed by atoms with Crippen LogP contribution in [0.5, 0.6) is 0 Å². The van der Waals surface area contributed by atoms with Crippen molar-refractivity contribution in [1.82, 2.24) is 25.4 Å². The molecule has 2 aromatic rings. The van der Waals surface area contributed by atoms with Gasteiger partial charge in [-0.2, -0.15) is 0 Å². The summed E-state index contributed by atoms with van der Waals surface area (Å²) in [5, 5.41) is 14.6. The summed E-state index contributed by atoms with van der Waals surface area (Å²) in [7, 11) is 0. The number of hydrogen-bond donors (Lipinski definition) is 2. The summed E-state index contributed by atoms with van der Waals surface area (Å²) < 4.78 is 1.98. The van der Waals surface area contributed by atoms with E-state index in [0.29, 0.717) is 18.2 Å². The molecule has 7 nitrogen and oxygen atoms in total. The van der Waals surface area contributed by atoms with E-state index in [0.717, 1.165) is 22.6 Å². The molecule has 0 fully saturated rings. The molecule has 8 heteroatoms. The first kappa shape index (κ1) is 21.0. The number of thioether (sulfide) groups is 1. The fraction of sp³-hybridized carbons (Fsp3) is 0.474. The second-order valence-electron chi connectivity index (χ2n) is 6.74. The molecule has 0 radical (unpaired) electrons. The molecule has 0 saturated carbocycles. The Morgan fingerprint density at radius 1 is 1.11 bits per heavy atom. The van der Waals surface area contributed by atoms with Crippen LogP contribution >= 0.6 is 11.8 Å². The van der Waals surface area contributed by atoms with Crippen LogP contribution in [0.3, 0.4) is 0 Å². The highest BCUT2D eigenvalue weighted by atomic mass is 32.2. The highest BCUT2D eigenvalue weighted by Gasteiger charge is 2.15. The van der Waals surface area contributed by atoms with E-state index in [1.54, 1.807) is 0 Å². The molecule has 0 aliphatic rings. The summed E-state index contributed by atoms with van der Waals surface area (Å²) in [6.07, 6.45) is 0. The van der Waals surface area contributed by atoms with E-state index in [1.165, 1.54) is 11.8 Å². The third kappa shape index (κ3) is 5.82. The number of nitrogens with one attached hydrogen (secondary N) is 2. The van der Waals surface area contributed by atoms with Crippen LogP contribution in [0.2, 0.25) is 0 Å². The summed E-state index contributed by atoms with van der Waals surface area (Å²) in [4.78, 5) is 23.5. The van der Waals surface area contributed by atoms with Crippen molar-refractivity contribution >= 4 is 23.6 Å². The van der Waals surface area contributed by atoms with E-state index in [9.17, 15) is 9.59 Å². The number of rotatable bonds is 8. The first-order valence-corrected chi connectivity index (χ1v) is 9.95. The van der Waals surface area contributed by atoms with Gasteiger partial charge in [-0.15, -0.1) is 10.2 Å². The topological polar surface area (TPSA) is 88.9 Å². The molecule has 1 aromatic heterocycles. The number of nitrogens with zero attached hydrogens (tertiary/aromatic N) is 3. The average Bonchev–Trinajstić information content (AvgIpc) is 2.99. The highest BCUT2D eigenvalue weighted by Crippen LogP contribution is 2.24. The maximum absolute atomic E-state index is 12.1. The van der Waals surface area contributed by atoms with Crippen molar-refractivity contribution < 1.29 is 9.59 Å². The minimum absolute atomic E-state index is 0.0178. The van der Waals surface area contributed by atoms with Crippen molar-refractivity contribution in [2.24, 2.45) is 5.92 Å². The van der Waals surface area contributed by atoms with Gasteiger partial charge in [-0.1, -0.05) is 37.7 Å². The summed E-state index contributed by atoms with van der Waals surface area (Å²) in [5.74, 6) is 0.836. The van der Waals surface area contributed by atoms with Crippen LogP contribution in [-0.4, -0.2) is 45.4 Å². The molecule has 0 spiro atoms. The van der Waals surface area contributed by atoms with E-state index in [4.69, 9.17) is 0 Å². The van der Waals surface area contributed by atoms with Gasteiger partial charge in [-0.3, -0.25) is 14.2 Å². The van der Waals surface area contributed by atoms with Gasteiger partial charge in [0.2, 0.25) is 11.8 Å². The molecule has 146 valence electrons. The molecule has 2 amide bonds. The Morgan fingerprint density at radius 3 is 2.52 bits per heavy atom. The number of hydrogen-bond acceptors (Lipinski definition) is 5. The molecule has 0 bridgehead atoms. The highest BCUT2D eigenvalue weighted by molar-refractivity contribution is 7.99. The van der Waals surface area contributed by atoms with Gasteiger partial charge in [-0.05, 0) is 38.0 Å². The lowest BCUT2D eigenvalue weighted by molar-refractivity contribution is -0.124. The van der Waals surface area contributed by atoms with Crippen LogP contribution in [-0.2, 0) is 9.59 Å². The Morgan fingerprint density at radius 2 is 1.81 bits per heavy atom. The summed E-state index contributed by atoms with van der Waals surface area (Å²) in [6, 6.07) is 6.22. The van der Waals surface area contributed by atoms with Crippen molar-refractivity contribution in [1.29, 1.82) is 0 Å². The molecular formula is C19H27N5O2S. The van der Waals surface area contributed by atoms with Gasteiger partial charge in [-0.25, -0.2) is 0 Å². The van der Waals surface area contributed by atoms with Gasteiger partial charge in [0.1, 0.15) is 5.82 Å². The maximum Gasteiger partial charge on any atom is 0.230 e. The van der Waals surface area contributed by atoms with Gasteiger partial charge in [0.25, 0.3) is 0 Å². The van der Waals surface area contributed by atoms with E-state index < -0.39 is 0 Å². The molecule has 27 heavy (non-hydrogen) atoms. The van der Waals surface area contributed by atoms with Gasteiger partial charge >= 0.3 is 0 Å². The Hall–Kier alpha value is -2.35. The third-order valence-corrected chi connectivity index (χ3v) is 4.93.